The lowest BCUT2D eigenvalue weighted by Crippen LogP contribution is -2.38. The fourth-order valence-corrected chi connectivity index (χ4v) is 5.17. The highest BCUT2D eigenvalue weighted by molar-refractivity contribution is 5.49. The number of aldehydes is 1. The maximum absolute atomic E-state index is 10.7. The van der Waals surface area contributed by atoms with E-state index in [1.165, 1.54) is 116 Å². The summed E-state index contributed by atoms with van der Waals surface area (Å²) in [6.45, 7) is 6.54. The van der Waals surface area contributed by atoms with E-state index in [4.69, 9.17) is 0 Å². The lowest BCUT2D eigenvalue weighted by molar-refractivity contribution is -0.108. The molecule has 2 unspecified atom stereocenters. The van der Waals surface area contributed by atoms with Crippen LogP contribution in [0.25, 0.3) is 0 Å². The topological polar surface area (TPSA) is 60.8 Å². The predicted molar refractivity (Wildman–Crippen MR) is 157 cm³/mol. The van der Waals surface area contributed by atoms with Crippen molar-refractivity contribution >= 4 is 6.29 Å². The number of aliphatic hydroxyl groups excluding tert-OH is 2. The maximum Gasteiger partial charge on any atom is 0.120 e. The molecule has 0 amide bonds. The van der Waals surface area contributed by atoms with E-state index in [1.54, 1.807) is 0 Å². The highest BCUT2D eigenvalue weighted by Gasteiger charge is 2.15. The van der Waals surface area contributed by atoms with E-state index in [-0.39, 0.29) is 12.2 Å². The largest absolute Gasteiger partial charge is 0.392 e. The van der Waals surface area contributed by atoms with E-state index in [2.05, 4.69) is 18.7 Å². The molecule has 0 rings (SSSR count). The Morgan fingerprint density at radius 1 is 0.528 bits per heavy atom. The number of rotatable bonds is 30. The zero-order valence-corrected chi connectivity index (χ0v) is 24.6. The van der Waals surface area contributed by atoms with Crippen molar-refractivity contribution in [1.82, 2.24) is 4.90 Å². The normalized spacial score (nSPS) is 13.4. The SMILES string of the molecule is CCCCCCCCCCCCC(O)CN(CCCC=O)CC(O)CCCCCCCCCCCC. The summed E-state index contributed by atoms with van der Waals surface area (Å²) in [7, 11) is 0. The molecule has 0 saturated heterocycles. The first-order chi connectivity index (χ1) is 17.6. The Morgan fingerprint density at radius 2 is 0.861 bits per heavy atom. The van der Waals surface area contributed by atoms with Gasteiger partial charge in [0.25, 0.3) is 0 Å². The Bertz CT molecular complexity index is 400. The predicted octanol–water partition coefficient (Wildman–Crippen LogP) is 8.61. The molecule has 0 fully saturated rings. The van der Waals surface area contributed by atoms with E-state index in [0.29, 0.717) is 19.5 Å². The summed E-state index contributed by atoms with van der Waals surface area (Å²) in [6, 6.07) is 0. The summed E-state index contributed by atoms with van der Waals surface area (Å²) in [6.07, 6.45) is 29.5. The molecule has 0 aliphatic rings. The summed E-state index contributed by atoms with van der Waals surface area (Å²) in [5, 5.41) is 21.2. The van der Waals surface area contributed by atoms with E-state index < -0.39 is 0 Å². The van der Waals surface area contributed by atoms with Gasteiger partial charge in [0.2, 0.25) is 0 Å². The van der Waals surface area contributed by atoms with Gasteiger partial charge in [-0.25, -0.2) is 0 Å². The summed E-state index contributed by atoms with van der Waals surface area (Å²) < 4.78 is 0. The smallest absolute Gasteiger partial charge is 0.120 e. The number of aliphatic hydroxyl groups is 2. The quantitative estimate of drug-likeness (QED) is 0.0748. The summed E-state index contributed by atoms with van der Waals surface area (Å²) in [5.74, 6) is 0. The van der Waals surface area contributed by atoms with Crippen molar-refractivity contribution in [3.63, 3.8) is 0 Å². The zero-order chi connectivity index (χ0) is 26.5. The molecule has 0 aromatic carbocycles. The highest BCUT2D eigenvalue weighted by Crippen LogP contribution is 2.15. The first-order valence-electron chi connectivity index (χ1n) is 16.2. The molecule has 0 aliphatic carbocycles. The van der Waals surface area contributed by atoms with Crippen molar-refractivity contribution in [2.24, 2.45) is 0 Å². The van der Waals surface area contributed by atoms with Crippen molar-refractivity contribution in [2.45, 2.75) is 180 Å². The van der Waals surface area contributed by atoms with Crippen LogP contribution in [0.3, 0.4) is 0 Å². The van der Waals surface area contributed by atoms with Crippen molar-refractivity contribution in [3.05, 3.63) is 0 Å². The minimum atomic E-state index is -0.334. The molecule has 0 bridgehead atoms. The van der Waals surface area contributed by atoms with Crippen LogP contribution in [0.1, 0.15) is 168 Å². The Kier molecular flexibility index (Phi) is 28.7. The molecule has 4 nitrogen and oxygen atoms in total. The average Bonchev–Trinajstić information content (AvgIpc) is 2.86. The van der Waals surface area contributed by atoms with Gasteiger partial charge in [-0.1, -0.05) is 142 Å². The van der Waals surface area contributed by atoms with Crippen LogP contribution in [0.15, 0.2) is 0 Å². The number of hydrogen-bond acceptors (Lipinski definition) is 4. The molecule has 0 saturated carbocycles. The second-order valence-corrected chi connectivity index (χ2v) is 11.3. The second-order valence-electron chi connectivity index (χ2n) is 11.3. The molecular formula is C32H65NO3. The molecular weight excluding hydrogens is 446 g/mol. The zero-order valence-electron chi connectivity index (χ0n) is 24.6. The van der Waals surface area contributed by atoms with Crippen LogP contribution >= 0.6 is 0 Å². The van der Waals surface area contributed by atoms with Crippen molar-refractivity contribution in [2.75, 3.05) is 19.6 Å². The van der Waals surface area contributed by atoms with E-state index >= 15 is 0 Å². The molecule has 4 heteroatoms. The minimum absolute atomic E-state index is 0.334. The van der Waals surface area contributed by atoms with Gasteiger partial charge in [0.15, 0.2) is 0 Å². The lowest BCUT2D eigenvalue weighted by atomic mass is 10.0. The van der Waals surface area contributed by atoms with Gasteiger partial charge in [0, 0.05) is 19.5 Å². The molecule has 216 valence electrons. The Balaban J connectivity index is 3.92. The van der Waals surface area contributed by atoms with Crippen LogP contribution < -0.4 is 0 Å². The minimum Gasteiger partial charge on any atom is -0.392 e. The van der Waals surface area contributed by atoms with Gasteiger partial charge >= 0.3 is 0 Å². The molecule has 0 aromatic rings. The van der Waals surface area contributed by atoms with Crippen LogP contribution in [0.4, 0.5) is 0 Å². The highest BCUT2D eigenvalue weighted by atomic mass is 16.3. The Hall–Kier alpha value is -0.450. The van der Waals surface area contributed by atoms with Crippen molar-refractivity contribution < 1.29 is 15.0 Å². The summed E-state index contributed by atoms with van der Waals surface area (Å²) >= 11 is 0. The standard InChI is InChI=1S/C32H65NO3/c1-3-5-7-9-11-13-15-17-19-21-25-31(35)29-33(27-23-24-28-34)30-32(36)26-22-20-18-16-14-12-10-8-6-4-2/h28,31-32,35-36H,3-27,29-30H2,1-2H3. The van der Waals surface area contributed by atoms with Crippen molar-refractivity contribution in [1.29, 1.82) is 0 Å². The second kappa shape index (κ2) is 29.1. The van der Waals surface area contributed by atoms with Crippen LogP contribution in [0.2, 0.25) is 0 Å². The van der Waals surface area contributed by atoms with Gasteiger partial charge in [0.1, 0.15) is 6.29 Å². The number of nitrogens with zero attached hydrogens (tertiary/aromatic N) is 1. The first kappa shape index (κ1) is 35.5. The number of unbranched alkanes of at least 4 members (excludes halogenated alkanes) is 19. The van der Waals surface area contributed by atoms with Crippen LogP contribution in [-0.4, -0.2) is 53.2 Å². The van der Waals surface area contributed by atoms with Crippen molar-refractivity contribution in [3.8, 4) is 0 Å². The molecule has 0 aromatic heterocycles. The van der Waals surface area contributed by atoms with Gasteiger partial charge in [-0.05, 0) is 25.8 Å². The van der Waals surface area contributed by atoms with E-state index in [0.717, 1.165) is 44.9 Å². The van der Waals surface area contributed by atoms with Crippen LogP contribution in [0, 0.1) is 0 Å². The molecule has 2 atom stereocenters. The van der Waals surface area contributed by atoms with Gasteiger partial charge in [-0.15, -0.1) is 0 Å². The average molecular weight is 512 g/mol. The molecule has 2 N–H and O–H groups in total. The van der Waals surface area contributed by atoms with Gasteiger partial charge in [-0.2, -0.15) is 0 Å². The maximum atomic E-state index is 10.7. The van der Waals surface area contributed by atoms with Crippen LogP contribution in [0.5, 0.6) is 0 Å². The number of carbonyl (C=O) groups excluding carboxylic acids is 1. The monoisotopic (exact) mass is 511 g/mol. The third kappa shape index (κ3) is 26.6. The Labute approximate surface area is 226 Å². The molecule has 0 heterocycles. The van der Waals surface area contributed by atoms with E-state index in [9.17, 15) is 15.0 Å². The summed E-state index contributed by atoms with van der Waals surface area (Å²) in [5.41, 5.74) is 0. The lowest BCUT2D eigenvalue weighted by Gasteiger charge is -2.27. The molecule has 36 heavy (non-hydrogen) atoms. The van der Waals surface area contributed by atoms with E-state index in [1.807, 2.05) is 0 Å². The third-order valence-electron chi connectivity index (χ3n) is 7.52. The molecule has 0 radical (unpaired) electrons. The molecule has 0 aliphatic heterocycles. The fourth-order valence-electron chi connectivity index (χ4n) is 5.17. The van der Waals surface area contributed by atoms with Crippen LogP contribution in [-0.2, 0) is 4.79 Å². The number of hydrogen-bond donors (Lipinski definition) is 2. The van der Waals surface area contributed by atoms with Gasteiger partial charge in [-0.3, -0.25) is 4.90 Å². The Morgan fingerprint density at radius 3 is 1.19 bits per heavy atom. The fraction of sp³-hybridized carbons (Fsp3) is 0.969. The first-order valence-corrected chi connectivity index (χ1v) is 16.2. The number of carbonyl (C=O) groups is 1. The van der Waals surface area contributed by atoms with Gasteiger partial charge in [0.05, 0.1) is 12.2 Å². The van der Waals surface area contributed by atoms with Gasteiger partial charge < -0.3 is 15.0 Å². The third-order valence-corrected chi connectivity index (χ3v) is 7.52. The summed E-state index contributed by atoms with van der Waals surface area (Å²) in [4.78, 5) is 12.9. The molecule has 0 spiro atoms.